The summed E-state index contributed by atoms with van der Waals surface area (Å²) >= 11 is 0. The van der Waals surface area contributed by atoms with Crippen LogP contribution in [0.3, 0.4) is 0 Å². The van der Waals surface area contributed by atoms with E-state index in [-0.39, 0.29) is 42.1 Å². The van der Waals surface area contributed by atoms with E-state index >= 15 is 0 Å². The molecule has 0 aliphatic heterocycles. The third-order valence-electron chi connectivity index (χ3n) is 6.49. The first-order valence-corrected chi connectivity index (χ1v) is 13.6. The highest BCUT2D eigenvalue weighted by Gasteiger charge is 2.25. The maximum Gasteiger partial charge on any atom is 0.361 e. The summed E-state index contributed by atoms with van der Waals surface area (Å²) in [6, 6.07) is 23.3. The molecular formula is C33H28N4O6. The number of esters is 2. The Bertz CT molecular complexity index is 1790. The Morgan fingerprint density at radius 3 is 1.47 bits per heavy atom. The van der Waals surface area contributed by atoms with Crippen molar-refractivity contribution in [1.29, 1.82) is 5.26 Å². The molecule has 3 aromatic carbocycles. The van der Waals surface area contributed by atoms with Crippen LogP contribution in [-0.2, 0) is 9.47 Å². The van der Waals surface area contributed by atoms with Crippen LogP contribution in [0.25, 0.3) is 45.6 Å². The summed E-state index contributed by atoms with van der Waals surface area (Å²) in [6.07, 6.45) is 0. The van der Waals surface area contributed by atoms with Crippen molar-refractivity contribution in [3.63, 3.8) is 0 Å². The van der Waals surface area contributed by atoms with Crippen LogP contribution in [-0.4, -0.2) is 49.2 Å². The smallest absolute Gasteiger partial charge is 0.361 e. The predicted molar refractivity (Wildman–Crippen MR) is 159 cm³/mol. The number of rotatable bonds is 9. The molecule has 0 fully saturated rings. The lowest BCUT2D eigenvalue weighted by atomic mass is 10.1. The molecule has 0 spiro atoms. The molecule has 10 nitrogen and oxygen atoms in total. The molecule has 0 N–H and O–H groups in total. The molecule has 0 aliphatic rings. The van der Waals surface area contributed by atoms with Crippen LogP contribution in [0.2, 0.25) is 0 Å². The van der Waals surface area contributed by atoms with Crippen LogP contribution >= 0.6 is 0 Å². The Hall–Kier alpha value is -5.69. The van der Waals surface area contributed by atoms with E-state index in [2.05, 4.69) is 16.0 Å². The number of hydrogen-bond acceptors (Lipinski definition) is 10. The van der Waals surface area contributed by atoms with Gasteiger partial charge in [-0.2, -0.15) is 5.26 Å². The van der Waals surface area contributed by atoms with E-state index in [1.54, 1.807) is 62.4 Å². The zero-order valence-electron chi connectivity index (χ0n) is 24.1. The van der Waals surface area contributed by atoms with Gasteiger partial charge in [0.2, 0.25) is 11.8 Å². The molecule has 0 atom stereocenters. The third-order valence-corrected chi connectivity index (χ3v) is 6.49. The van der Waals surface area contributed by atoms with Gasteiger partial charge in [-0.1, -0.05) is 0 Å². The summed E-state index contributed by atoms with van der Waals surface area (Å²) in [7, 11) is 3.89. The minimum absolute atomic E-state index is 0.0299. The zero-order valence-corrected chi connectivity index (χ0v) is 24.1. The molecule has 2 aromatic heterocycles. The van der Waals surface area contributed by atoms with Gasteiger partial charge in [-0.05, 0) is 86.6 Å². The molecule has 0 unspecified atom stereocenters. The second-order valence-electron chi connectivity index (χ2n) is 9.54. The molecule has 43 heavy (non-hydrogen) atoms. The third kappa shape index (κ3) is 6.01. The molecule has 10 heteroatoms. The van der Waals surface area contributed by atoms with E-state index < -0.39 is 11.9 Å². The number of nitrogens with zero attached hydrogens (tertiary/aromatic N) is 4. The molecule has 5 aromatic rings. The number of ether oxygens (including phenoxy) is 2. The average Bonchev–Trinajstić information content (AvgIpc) is 3.68. The lowest BCUT2D eigenvalue weighted by Gasteiger charge is -2.12. The molecule has 5 rings (SSSR count). The fraction of sp³-hybridized carbons (Fsp3) is 0.182. The number of aromatic nitrogens is 2. The molecule has 0 saturated carbocycles. The Kier molecular flexibility index (Phi) is 8.34. The first-order chi connectivity index (χ1) is 20.8. The van der Waals surface area contributed by atoms with E-state index in [1.165, 1.54) is 0 Å². The van der Waals surface area contributed by atoms with Gasteiger partial charge in [0.25, 0.3) is 0 Å². The van der Waals surface area contributed by atoms with Crippen molar-refractivity contribution in [1.82, 2.24) is 9.97 Å². The van der Waals surface area contributed by atoms with Gasteiger partial charge in [-0.3, -0.25) is 0 Å². The number of hydrogen-bond donors (Lipinski definition) is 0. The Morgan fingerprint density at radius 2 is 1.09 bits per heavy atom. The maximum absolute atomic E-state index is 12.8. The lowest BCUT2D eigenvalue weighted by Crippen LogP contribution is -2.08. The van der Waals surface area contributed by atoms with Crippen LogP contribution < -0.4 is 4.90 Å². The molecule has 0 amide bonds. The number of carbonyl (C=O) groups is 2. The van der Waals surface area contributed by atoms with Gasteiger partial charge in [-0.25, -0.2) is 19.6 Å². The maximum atomic E-state index is 12.8. The van der Waals surface area contributed by atoms with E-state index in [4.69, 9.17) is 23.6 Å². The van der Waals surface area contributed by atoms with Crippen molar-refractivity contribution in [3.8, 4) is 51.6 Å². The first-order valence-electron chi connectivity index (χ1n) is 13.6. The number of benzene rings is 3. The summed E-state index contributed by atoms with van der Waals surface area (Å²) in [6.45, 7) is 3.81. The molecule has 0 aliphatic carbocycles. The summed E-state index contributed by atoms with van der Waals surface area (Å²) < 4.78 is 22.6. The molecule has 0 saturated heterocycles. The minimum Gasteiger partial charge on any atom is -0.461 e. The van der Waals surface area contributed by atoms with E-state index in [0.717, 1.165) is 5.69 Å². The normalized spacial score (nSPS) is 10.7. The van der Waals surface area contributed by atoms with E-state index in [9.17, 15) is 9.59 Å². The van der Waals surface area contributed by atoms with Crippen molar-refractivity contribution >= 4 is 17.6 Å². The summed E-state index contributed by atoms with van der Waals surface area (Å²) in [5, 5.41) is 9.13. The summed E-state index contributed by atoms with van der Waals surface area (Å²) in [5.74, 6) is -0.219. The average molecular weight is 577 g/mol. The van der Waals surface area contributed by atoms with Gasteiger partial charge in [0.05, 0.1) is 24.8 Å². The summed E-state index contributed by atoms with van der Waals surface area (Å²) in [4.78, 5) is 36.3. The van der Waals surface area contributed by atoms with Gasteiger partial charge in [0.15, 0.2) is 22.9 Å². The SMILES string of the molecule is CCOC(=O)c1nc(-c2ccc(-c3nc(C(=O)OCC)c(-c4ccc(N(C)C)cc4)o3)cc2)oc1-c1ccc(C#N)cc1. The van der Waals surface area contributed by atoms with Crippen molar-refractivity contribution in [2.24, 2.45) is 0 Å². The second-order valence-corrected chi connectivity index (χ2v) is 9.54. The van der Waals surface area contributed by atoms with Crippen molar-refractivity contribution in [2.75, 3.05) is 32.2 Å². The van der Waals surface area contributed by atoms with Crippen molar-refractivity contribution < 1.29 is 27.9 Å². The van der Waals surface area contributed by atoms with Gasteiger partial charge in [-0.15, -0.1) is 0 Å². The van der Waals surface area contributed by atoms with Crippen LogP contribution in [0.4, 0.5) is 5.69 Å². The summed E-state index contributed by atoms with van der Waals surface area (Å²) in [5.41, 5.74) is 4.04. The van der Waals surface area contributed by atoms with E-state index in [0.29, 0.717) is 33.6 Å². The van der Waals surface area contributed by atoms with Crippen LogP contribution in [0, 0.1) is 11.3 Å². The van der Waals surface area contributed by atoms with Crippen LogP contribution in [0.1, 0.15) is 40.4 Å². The van der Waals surface area contributed by atoms with Crippen LogP contribution in [0.15, 0.2) is 81.6 Å². The van der Waals surface area contributed by atoms with Crippen molar-refractivity contribution in [2.45, 2.75) is 13.8 Å². The number of nitriles is 1. The highest BCUT2D eigenvalue weighted by Crippen LogP contribution is 2.34. The van der Waals surface area contributed by atoms with Crippen molar-refractivity contribution in [3.05, 3.63) is 89.7 Å². The quantitative estimate of drug-likeness (QED) is 0.176. The number of carbonyl (C=O) groups excluding carboxylic acids is 2. The molecule has 2 heterocycles. The molecule has 0 radical (unpaired) electrons. The fourth-order valence-corrected chi connectivity index (χ4v) is 4.32. The predicted octanol–water partition coefficient (Wildman–Crippen LogP) is 6.62. The fourth-order valence-electron chi connectivity index (χ4n) is 4.32. The van der Waals surface area contributed by atoms with Gasteiger partial charge < -0.3 is 23.2 Å². The van der Waals surface area contributed by atoms with Gasteiger partial charge in [0, 0.05) is 42.0 Å². The second kappa shape index (κ2) is 12.4. The first kappa shape index (κ1) is 28.8. The number of oxazole rings is 2. The highest BCUT2D eigenvalue weighted by atomic mass is 16.5. The standard InChI is InChI=1S/C33H28N4O6/c1-5-40-32(38)26-28(21-9-7-20(19-34)8-10-21)42-30(35-26)23-11-13-24(14-12-23)31-36-27(33(39)41-6-2)29(43-31)22-15-17-25(18-16-22)37(3)4/h7-18H,5-6H2,1-4H3. The molecule has 0 bridgehead atoms. The topological polar surface area (TPSA) is 132 Å². The highest BCUT2D eigenvalue weighted by molar-refractivity contribution is 5.95. The minimum atomic E-state index is -0.620. The molecular weight excluding hydrogens is 548 g/mol. The zero-order chi connectivity index (χ0) is 30.5. The molecule has 216 valence electrons. The largest absolute Gasteiger partial charge is 0.461 e. The monoisotopic (exact) mass is 576 g/mol. The van der Waals surface area contributed by atoms with E-state index in [1.807, 2.05) is 43.3 Å². The van der Waals surface area contributed by atoms with Gasteiger partial charge in [0.1, 0.15) is 0 Å². The lowest BCUT2D eigenvalue weighted by molar-refractivity contribution is 0.0511. The Labute approximate surface area is 248 Å². The number of anilines is 1. The van der Waals surface area contributed by atoms with Gasteiger partial charge >= 0.3 is 11.9 Å². The Morgan fingerprint density at radius 1 is 0.698 bits per heavy atom. The van der Waals surface area contributed by atoms with Crippen LogP contribution in [0.5, 0.6) is 0 Å². The Balaban J connectivity index is 1.50.